The summed E-state index contributed by atoms with van der Waals surface area (Å²) in [7, 11) is 0. The molecule has 150 valence electrons. The first-order chi connectivity index (χ1) is 14.0. The van der Waals surface area contributed by atoms with Gasteiger partial charge in [0.25, 0.3) is 0 Å². The van der Waals surface area contributed by atoms with Gasteiger partial charge in [0.05, 0.1) is 6.42 Å². The van der Waals surface area contributed by atoms with Crippen LogP contribution >= 0.6 is 11.6 Å². The molecule has 0 saturated carbocycles. The van der Waals surface area contributed by atoms with E-state index >= 15 is 0 Å². The summed E-state index contributed by atoms with van der Waals surface area (Å²) >= 11 is 5.95. The van der Waals surface area contributed by atoms with E-state index in [0.29, 0.717) is 36.4 Å². The lowest BCUT2D eigenvalue weighted by molar-refractivity contribution is -0.120. The van der Waals surface area contributed by atoms with Crippen LogP contribution in [-0.2, 0) is 11.2 Å². The number of hydrogen-bond acceptors (Lipinski definition) is 6. The number of carbonyl (C=O) groups excluding carboxylic acids is 1. The number of aryl methyl sites for hydroxylation is 1. The van der Waals surface area contributed by atoms with Gasteiger partial charge in [-0.25, -0.2) is 19.3 Å². The van der Waals surface area contributed by atoms with Gasteiger partial charge < -0.3 is 16.0 Å². The van der Waals surface area contributed by atoms with Gasteiger partial charge >= 0.3 is 0 Å². The first-order valence-corrected chi connectivity index (χ1v) is 9.36. The fraction of sp³-hybridized carbons (Fsp3) is 0.200. The Morgan fingerprint density at radius 3 is 2.66 bits per heavy atom. The van der Waals surface area contributed by atoms with E-state index in [2.05, 4.69) is 30.9 Å². The van der Waals surface area contributed by atoms with Crippen molar-refractivity contribution in [2.45, 2.75) is 13.3 Å². The van der Waals surface area contributed by atoms with Crippen molar-refractivity contribution in [2.75, 3.05) is 23.7 Å². The second-order valence-corrected chi connectivity index (χ2v) is 6.59. The summed E-state index contributed by atoms with van der Waals surface area (Å²) in [5, 5.41) is 9.21. The molecule has 3 N–H and O–H groups in total. The molecule has 3 rings (SSSR count). The summed E-state index contributed by atoms with van der Waals surface area (Å²) in [6, 6.07) is 11.6. The van der Waals surface area contributed by atoms with Crippen molar-refractivity contribution in [1.29, 1.82) is 0 Å². The van der Waals surface area contributed by atoms with E-state index in [1.54, 1.807) is 25.3 Å². The first-order valence-electron chi connectivity index (χ1n) is 8.98. The predicted octanol–water partition coefficient (Wildman–Crippen LogP) is 3.49. The molecule has 1 amide bonds. The summed E-state index contributed by atoms with van der Waals surface area (Å²) in [5.74, 6) is 1.69. The smallest absolute Gasteiger partial charge is 0.224 e. The predicted molar refractivity (Wildman–Crippen MR) is 111 cm³/mol. The highest BCUT2D eigenvalue weighted by Crippen LogP contribution is 2.19. The van der Waals surface area contributed by atoms with Crippen LogP contribution < -0.4 is 16.0 Å². The molecule has 3 aromatic rings. The number of nitrogens with zero attached hydrogens (tertiary/aromatic N) is 3. The van der Waals surface area contributed by atoms with Gasteiger partial charge in [-0.3, -0.25) is 4.79 Å². The molecule has 0 aliphatic rings. The lowest BCUT2D eigenvalue weighted by Gasteiger charge is -2.11. The number of nitrogens with one attached hydrogen (secondary N) is 3. The van der Waals surface area contributed by atoms with E-state index in [1.807, 2.05) is 18.2 Å². The maximum Gasteiger partial charge on any atom is 0.224 e. The Morgan fingerprint density at radius 2 is 1.90 bits per heavy atom. The quantitative estimate of drug-likeness (QED) is 0.489. The second-order valence-electron chi connectivity index (χ2n) is 6.18. The molecular weight excluding hydrogens is 395 g/mol. The maximum absolute atomic E-state index is 13.8. The van der Waals surface area contributed by atoms with Crippen LogP contribution in [0.15, 0.2) is 48.7 Å². The minimum atomic E-state index is -0.491. The zero-order chi connectivity index (χ0) is 20.6. The molecule has 0 spiro atoms. The Morgan fingerprint density at radius 1 is 1.07 bits per heavy atom. The van der Waals surface area contributed by atoms with Gasteiger partial charge in [-0.1, -0.05) is 23.7 Å². The van der Waals surface area contributed by atoms with Gasteiger partial charge in [0.2, 0.25) is 5.91 Å². The van der Waals surface area contributed by atoms with Crippen molar-refractivity contribution in [3.8, 4) is 0 Å². The number of pyridine rings is 1. The lowest BCUT2D eigenvalue weighted by Crippen LogP contribution is -2.30. The molecule has 0 bridgehead atoms. The molecule has 0 fully saturated rings. The Bertz CT molecular complexity index is 966. The zero-order valence-corrected chi connectivity index (χ0v) is 16.5. The molecule has 7 nitrogen and oxygen atoms in total. The number of aromatic nitrogens is 3. The highest BCUT2D eigenvalue weighted by molar-refractivity contribution is 6.31. The van der Waals surface area contributed by atoms with Crippen LogP contribution in [0.3, 0.4) is 0 Å². The molecule has 9 heteroatoms. The van der Waals surface area contributed by atoms with Crippen LogP contribution in [0, 0.1) is 12.7 Å². The Hall–Kier alpha value is -3.26. The van der Waals surface area contributed by atoms with Gasteiger partial charge in [-0.05, 0) is 31.2 Å². The molecule has 2 aromatic heterocycles. The average Bonchev–Trinajstić information content (AvgIpc) is 2.69. The summed E-state index contributed by atoms with van der Waals surface area (Å²) in [6.45, 7) is 2.57. The average molecular weight is 415 g/mol. The second kappa shape index (κ2) is 9.79. The zero-order valence-electron chi connectivity index (χ0n) is 15.7. The Balaban J connectivity index is 1.49. The molecule has 0 aliphatic heterocycles. The summed E-state index contributed by atoms with van der Waals surface area (Å²) in [4.78, 5) is 24.9. The molecule has 1 aromatic carbocycles. The normalized spacial score (nSPS) is 10.4. The third-order valence-corrected chi connectivity index (χ3v) is 4.27. The molecule has 2 heterocycles. The Labute approximate surface area is 172 Å². The third-order valence-electron chi connectivity index (χ3n) is 3.91. The minimum Gasteiger partial charge on any atom is -0.368 e. The number of benzene rings is 1. The van der Waals surface area contributed by atoms with Crippen LogP contribution in [0.1, 0.15) is 11.4 Å². The van der Waals surface area contributed by atoms with Crippen LogP contribution in [0.2, 0.25) is 5.02 Å². The van der Waals surface area contributed by atoms with Gasteiger partial charge in [0, 0.05) is 35.9 Å². The Kier molecular flexibility index (Phi) is 6.91. The van der Waals surface area contributed by atoms with Crippen LogP contribution in [0.5, 0.6) is 0 Å². The summed E-state index contributed by atoms with van der Waals surface area (Å²) in [6.07, 6.45) is 1.57. The van der Waals surface area contributed by atoms with Crippen molar-refractivity contribution >= 4 is 35.0 Å². The third kappa shape index (κ3) is 6.11. The fourth-order valence-corrected chi connectivity index (χ4v) is 2.84. The maximum atomic E-state index is 13.8. The van der Waals surface area contributed by atoms with E-state index in [1.165, 1.54) is 12.1 Å². The van der Waals surface area contributed by atoms with E-state index < -0.39 is 5.82 Å². The molecule has 29 heavy (non-hydrogen) atoms. The van der Waals surface area contributed by atoms with Gasteiger partial charge in [-0.15, -0.1) is 0 Å². The van der Waals surface area contributed by atoms with E-state index in [9.17, 15) is 9.18 Å². The van der Waals surface area contributed by atoms with E-state index in [4.69, 9.17) is 11.6 Å². The van der Waals surface area contributed by atoms with Crippen molar-refractivity contribution in [2.24, 2.45) is 0 Å². The lowest BCUT2D eigenvalue weighted by atomic mass is 10.1. The minimum absolute atomic E-state index is 0.115. The summed E-state index contributed by atoms with van der Waals surface area (Å²) in [5.41, 5.74) is 0.191. The fourth-order valence-electron chi connectivity index (χ4n) is 2.61. The first kappa shape index (κ1) is 20.5. The number of amides is 1. The van der Waals surface area contributed by atoms with E-state index in [0.717, 1.165) is 0 Å². The molecular formula is C20H20ClFN6O. The molecule has 0 aliphatic carbocycles. The summed E-state index contributed by atoms with van der Waals surface area (Å²) < 4.78 is 13.8. The van der Waals surface area contributed by atoms with Crippen molar-refractivity contribution in [3.63, 3.8) is 0 Å². The number of halogens is 2. The van der Waals surface area contributed by atoms with Crippen LogP contribution in [0.25, 0.3) is 0 Å². The van der Waals surface area contributed by atoms with Gasteiger partial charge in [-0.2, -0.15) is 0 Å². The molecule has 0 unspecified atom stereocenters. The number of anilines is 3. The number of rotatable bonds is 8. The van der Waals surface area contributed by atoms with Crippen molar-refractivity contribution in [3.05, 3.63) is 70.9 Å². The largest absolute Gasteiger partial charge is 0.368 e. The van der Waals surface area contributed by atoms with Crippen molar-refractivity contribution in [1.82, 2.24) is 20.3 Å². The van der Waals surface area contributed by atoms with E-state index in [-0.39, 0.29) is 22.9 Å². The number of hydrogen-bond donors (Lipinski definition) is 3. The van der Waals surface area contributed by atoms with Crippen molar-refractivity contribution < 1.29 is 9.18 Å². The van der Waals surface area contributed by atoms with Crippen LogP contribution in [0.4, 0.5) is 21.8 Å². The number of carbonyl (C=O) groups is 1. The SMILES string of the molecule is Cc1nc(NCCNC(=O)Cc2c(F)cccc2Cl)cc(Nc2ccccn2)n1. The molecule has 0 radical (unpaired) electrons. The van der Waals surface area contributed by atoms with Gasteiger partial charge in [0.1, 0.15) is 29.1 Å². The standard InChI is InChI=1S/C20H20ClFN6O/c1-13-26-18(12-19(27-13)28-17-7-2-3-8-23-17)24-9-10-25-20(29)11-14-15(21)5-4-6-16(14)22/h2-8,12H,9-11H2,1H3,(H,25,29)(H2,23,24,26,27,28). The molecule has 0 atom stereocenters. The van der Waals surface area contributed by atoms with Gasteiger partial charge in [0.15, 0.2) is 0 Å². The monoisotopic (exact) mass is 414 g/mol. The van der Waals surface area contributed by atoms with Crippen LogP contribution in [-0.4, -0.2) is 33.9 Å². The molecule has 0 saturated heterocycles. The topological polar surface area (TPSA) is 91.8 Å². The highest BCUT2D eigenvalue weighted by atomic mass is 35.5. The highest BCUT2D eigenvalue weighted by Gasteiger charge is 2.11.